The third-order valence-electron chi connectivity index (χ3n) is 5.82. The van der Waals surface area contributed by atoms with Crippen LogP contribution in [0.3, 0.4) is 0 Å². The smallest absolute Gasteiger partial charge is 0.268 e. The number of carbonyl (C=O) groups is 2. The maximum absolute atomic E-state index is 13.2. The molecule has 2 heterocycles. The Morgan fingerprint density at radius 3 is 2.55 bits per heavy atom. The van der Waals surface area contributed by atoms with Gasteiger partial charge in [-0.15, -0.1) is 0 Å². The highest BCUT2D eigenvalue weighted by Crippen LogP contribution is 2.26. The minimum atomic E-state index is -4.03. The predicted molar refractivity (Wildman–Crippen MR) is 125 cm³/mol. The zero-order chi connectivity index (χ0) is 23.2. The minimum Gasteiger partial charge on any atom is -0.381 e. The van der Waals surface area contributed by atoms with Crippen molar-refractivity contribution in [2.45, 2.75) is 18.2 Å². The van der Waals surface area contributed by atoms with Gasteiger partial charge in [0.15, 0.2) is 5.78 Å². The van der Waals surface area contributed by atoms with Crippen LogP contribution < -0.4 is 5.32 Å². The number of ketones is 2. The van der Waals surface area contributed by atoms with E-state index in [-0.39, 0.29) is 21.8 Å². The van der Waals surface area contributed by atoms with Crippen molar-refractivity contribution in [3.05, 3.63) is 101 Å². The minimum absolute atomic E-state index is 0.0511. The largest absolute Gasteiger partial charge is 0.381 e. The standard InChI is InChI=1S/C25H21N3O4S/c1-16-6-8-18(9-7-16)33(31,32)28-13-11-20-23(29)14-22(25(30)24(20)28)26-12-10-17-15-27-21-5-3-2-4-19(17)21/h2-9,11,13-15,26-27H,10,12H2,1H3. The van der Waals surface area contributed by atoms with Crippen LogP contribution in [0.25, 0.3) is 10.9 Å². The lowest BCUT2D eigenvalue weighted by Gasteiger charge is -2.17. The molecule has 2 aromatic heterocycles. The molecule has 0 aliphatic heterocycles. The van der Waals surface area contributed by atoms with Gasteiger partial charge in [0.25, 0.3) is 10.0 Å². The number of carbonyl (C=O) groups excluding carboxylic acids is 2. The number of hydrogen-bond donors (Lipinski definition) is 2. The number of rotatable bonds is 6. The Hall–Kier alpha value is -3.91. The first kappa shape index (κ1) is 21.0. The Morgan fingerprint density at radius 2 is 1.76 bits per heavy atom. The SMILES string of the molecule is Cc1ccc(S(=O)(=O)n2ccc3c2C(=O)C(NCCc2c[nH]c4ccccc24)=CC3=O)cc1. The molecule has 0 saturated carbocycles. The molecule has 8 heteroatoms. The van der Waals surface area contributed by atoms with Crippen LogP contribution in [0.5, 0.6) is 0 Å². The molecule has 0 amide bonds. The summed E-state index contributed by atoms with van der Waals surface area (Å²) in [4.78, 5) is 29.1. The Bertz CT molecular complexity index is 1540. The number of aromatic amines is 1. The van der Waals surface area contributed by atoms with Crippen molar-refractivity contribution < 1.29 is 18.0 Å². The molecule has 2 aromatic carbocycles. The molecule has 0 radical (unpaired) electrons. The number of aryl methyl sites for hydroxylation is 1. The van der Waals surface area contributed by atoms with Gasteiger partial charge >= 0.3 is 0 Å². The summed E-state index contributed by atoms with van der Waals surface area (Å²) in [6.45, 7) is 2.27. The van der Waals surface area contributed by atoms with E-state index < -0.39 is 21.6 Å². The molecule has 5 rings (SSSR count). The molecule has 0 saturated heterocycles. The second kappa shape index (κ2) is 7.90. The van der Waals surface area contributed by atoms with E-state index in [1.807, 2.05) is 37.4 Å². The highest BCUT2D eigenvalue weighted by Gasteiger charge is 2.33. The van der Waals surface area contributed by atoms with Gasteiger partial charge in [0.05, 0.1) is 16.2 Å². The number of Topliss-reactive ketones (excluding diaryl/α,β-unsaturated/α-hetero) is 1. The number of aromatic nitrogens is 2. The lowest BCUT2D eigenvalue weighted by atomic mass is 9.99. The quantitative estimate of drug-likeness (QED) is 0.459. The van der Waals surface area contributed by atoms with Crippen molar-refractivity contribution in [3.8, 4) is 0 Å². The lowest BCUT2D eigenvalue weighted by molar-refractivity contribution is 0.0974. The number of nitrogens with zero attached hydrogens (tertiary/aromatic N) is 1. The number of fused-ring (bicyclic) bond motifs is 2. The second-order valence-electron chi connectivity index (χ2n) is 7.98. The molecule has 33 heavy (non-hydrogen) atoms. The molecule has 0 atom stereocenters. The molecule has 1 aliphatic rings. The Balaban J connectivity index is 1.40. The van der Waals surface area contributed by atoms with Crippen LogP contribution in [-0.2, 0) is 16.4 Å². The third kappa shape index (κ3) is 3.58. The summed E-state index contributed by atoms with van der Waals surface area (Å²) in [5.41, 5.74) is 3.06. The summed E-state index contributed by atoms with van der Waals surface area (Å²) in [5.74, 6) is -0.929. The van der Waals surface area contributed by atoms with Gasteiger partial charge in [-0.3, -0.25) is 9.59 Å². The van der Waals surface area contributed by atoms with E-state index >= 15 is 0 Å². The predicted octanol–water partition coefficient (Wildman–Crippen LogP) is 3.61. The van der Waals surface area contributed by atoms with Crippen molar-refractivity contribution in [1.29, 1.82) is 0 Å². The van der Waals surface area contributed by atoms with Crippen LogP contribution in [0.15, 0.2) is 83.7 Å². The van der Waals surface area contributed by atoms with E-state index in [1.54, 1.807) is 12.1 Å². The van der Waals surface area contributed by atoms with Gasteiger partial charge in [-0.1, -0.05) is 35.9 Å². The first-order valence-electron chi connectivity index (χ1n) is 10.5. The maximum Gasteiger partial charge on any atom is 0.268 e. The van der Waals surface area contributed by atoms with Gasteiger partial charge in [-0.2, -0.15) is 0 Å². The van der Waals surface area contributed by atoms with Crippen LogP contribution in [0.1, 0.15) is 32.0 Å². The number of para-hydroxylation sites is 1. The zero-order valence-electron chi connectivity index (χ0n) is 17.8. The molecule has 0 bridgehead atoms. The molecule has 0 unspecified atom stereocenters. The highest BCUT2D eigenvalue weighted by molar-refractivity contribution is 7.90. The topological polar surface area (TPSA) is 101 Å². The van der Waals surface area contributed by atoms with E-state index in [9.17, 15) is 18.0 Å². The van der Waals surface area contributed by atoms with Crippen LogP contribution in [0.4, 0.5) is 0 Å². The molecular weight excluding hydrogens is 438 g/mol. The van der Waals surface area contributed by atoms with E-state index in [2.05, 4.69) is 10.3 Å². The van der Waals surface area contributed by atoms with Crippen molar-refractivity contribution in [2.24, 2.45) is 0 Å². The molecule has 2 N–H and O–H groups in total. The van der Waals surface area contributed by atoms with Crippen molar-refractivity contribution in [2.75, 3.05) is 6.54 Å². The summed E-state index contributed by atoms with van der Waals surface area (Å²) in [6.07, 6.45) is 5.05. The van der Waals surface area contributed by atoms with Gasteiger partial charge in [-0.25, -0.2) is 12.4 Å². The van der Waals surface area contributed by atoms with Crippen LogP contribution >= 0.6 is 0 Å². The Labute approximate surface area is 190 Å². The first-order valence-corrected chi connectivity index (χ1v) is 11.9. The molecule has 4 aromatic rings. The molecule has 166 valence electrons. The van der Waals surface area contributed by atoms with E-state index in [1.165, 1.54) is 30.5 Å². The van der Waals surface area contributed by atoms with E-state index in [0.717, 1.165) is 26.0 Å². The van der Waals surface area contributed by atoms with Crippen molar-refractivity contribution in [3.63, 3.8) is 0 Å². The van der Waals surface area contributed by atoms with Gasteiger partial charge < -0.3 is 10.3 Å². The highest BCUT2D eigenvalue weighted by atomic mass is 32.2. The van der Waals surface area contributed by atoms with E-state index in [0.29, 0.717) is 13.0 Å². The maximum atomic E-state index is 13.2. The average molecular weight is 460 g/mol. The van der Waals surface area contributed by atoms with Crippen LogP contribution in [-0.4, -0.2) is 35.5 Å². The van der Waals surface area contributed by atoms with Gasteiger partial charge in [0.2, 0.25) is 5.78 Å². The van der Waals surface area contributed by atoms with Crippen molar-refractivity contribution in [1.82, 2.24) is 14.3 Å². The number of H-pyrrole nitrogens is 1. The normalized spacial score (nSPS) is 13.8. The molecule has 1 aliphatic carbocycles. The summed E-state index contributed by atoms with van der Waals surface area (Å²) in [7, 11) is -4.03. The molecule has 0 fully saturated rings. The lowest BCUT2D eigenvalue weighted by Crippen LogP contribution is -2.30. The molecule has 7 nitrogen and oxygen atoms in total. The fraction of sp³-hybridized carbons (Fsp3) is 0.120. The van der Waals surface area contributed by atoms with Gasteiger partial charge in [-0.05, 0) is 43.2 Å². The van der Waals surface area contributed by atoms with Crippen molar-refractivity contribution >= 4 is 32.5 Å². The summed E-state index contributed by atoms with van der Waals surface area (Å²) >= 11 is 0. The monoisotopic (exact) mass is 459 g/mol. The third-order valence-corrected chi connectivity index (χ3v) is 7.51. The number of benzene rings is 2. The summed E-state index contributed by atoms with van der Waals surface area (Å²) in [6, 6.07) is 15.7. The summed E-state index contributed by atoms with van der Waals surface area (Å²) < 4.78 is 27.3. The second-order valence-corrected chi connectivity index (χ2v) is 9.79. The van der Waals surface area contributed by atoms with Gasteiger partial charge in [0, 0.05) is 35.9 Å². The van der Waals surface area contributed by atoms with E-state index in [4.69, 9.17) is 0 Å². The Kier molecular flexibility index (Phi) is 5.02. The molecule has 0 spiro atoms. The van der Waals surface area contributed by atoms with Crippen LogP contribution in [0.2, 0.25) is 0 Å². The fourth-order valence-electron chi connectivity index (χ4n) is 4.06. The zero-order valence-corrected chi connectivity index (χ0v) is 18.6. The number of nitrogens with one attached hydrogen (secondary N) is 2. The fourth-order valence-corrected chi connectivity index (χ4v) is 5.41. The average Bonchev–Trinajstić information content (AvgIpc) is 3.43. The van der Waals surface area contributed by atoms with Gasteiger partial charge in [0.1, 0.15) is 5.69 Å². The summed E-state index contributed by atoms with van der Waals surface area (Å²) in [5, 5.41) is 4.13. The first-order chi connectivity index (χ1) is 15.9. The Morgan fingerprint density at radius 1 is 1.00 bits per heavy atom. The molecular formula is C25H21N3O4S. The number of allylic oxidation sites excluding steroid dienone is 2. The van der Waals surface area contributed by atoms with Crippen LogP contribution in [0, 0.1) is 6.92 Å². The number of hydrogen-bond acceptors (Lipinski definition) is 5.